The highest BCUT2D eigenvalue weighted by Crippen LogP contribution is 2.07. The highest BCUT2D eigenvalue weighted by Gasteiger charge is 2.08. The molecule has 1 saturated heterocycles. The first-order chi connectivity index (χ1) is 5.43. The highest BCUT2D eigenvalue weighted by atomic mass is 32.2. The third kappa shape index (κ3) is 3.49. The molecule has 0 aliphatic carbocycles. The van der Waals surface area contributed by atoms with Crippen LogP contribution in [0.4, 0.5) is 0 Å². The lowest BCUT2D eigenvalue weighted by molar-refractivity contribution is 0.306. The molecule has 11 heavy (non-hydrogen) atoms. The predicted octanol–water partition coefficient (Wildman–Crippen LogP) is 0.106. The molecule has 0 spiro atoms. The van der Waals surface area contributed by atoms with Crippen molar-refractivity contribution in [3.63, 3.8) is 0 Å². The molecule has 0 amide bonds. The van der Waals surface area contributed by atoms with Gasteiger partial charge in [0, 0.05) is 37.7 Å². The summed E-state index contributed by atoms with van der Waals surface area (Å²) in [5.41, 5.74) is 0. The van der Waals surface area contributed by atoms with Gasteiger partial charge in [0.2, 0.25) is 0 Å². The van der Waals surface area contributed by atoms with E-state index in [0.717, 1.165) is 13.1 Å². The molecule has 4 heteroatoms. The number of hydrogen-bond acceptors (Lipinski definition) is 4. The number of thioether (sulfide) groups is 1. The first kappa shape index (κ1) is 8.69. The molecule has 1 heterocycles. The summed E-state index contributed by atoms with van der Waals surface area (Å²) in [4.78, 5) is 2.39. The molecule has 1 aliphatic heterocycles. The zero-order valence-corrected chi connectivity index (χ0v) is 7.36. The zero-order chi connectivity index (χ0) is 7.94. The molecule has 0 saturated carbocycles. The largest absolute Gasteiger partial charge is 0.323 e. The predicted molar refractivity (Wildman–Crippen MR) is 47.4 cm³/mol. The molecule has 0 aromatic carbocycles. The molecule has 3 nitrogen and oxygen atoms in total. The van der Waals surface area contributed by atoms with E-state index in [1.165, 1.54) is 24.6 Å². The van der Waals surface area contributed by atoms with Gasteiger partial charge in [0.15, 0.2) is 6.19 Å². The van der Waals surface area contributed by atoms with Crippen molar-refractivity contribution in [2.24, 2.45) is 0 Å². The monoisotopic (exact) mass is 171 g/mol. The second-order valence-electron chi connectivity index (χ2n) is 2.49. The van der Waals surface area contributed by atoms with Crippen LogP contribution < -0.4 is 5.32 Å². The van der Waals surface area contributed by atoms with Crippen LogP contribution in [0.2, 0.25) is 0 Å². The van der Waals surface area contributed by atoms with E-state index in [2.05, 4.69) is 10.2 Å². The van der Waals surface area contributed by atoms with E-state index < -0.39 is 0 Å². The van der Waals surface area contributed by atoms with Crippen molar-refractivity contribution in [1.82, 2.24) is 10.2 Å². The molecule has 1 fully saturated rings. The van der Waals surface area contributed by atoms with Gasteiger partial charge in [-0.05, 0) is 0 Å². The summed E-state index contributed by atoms with van der Waals surface area (Å²) in [6, 6.07) is 0. The highest BCUT2D eigenvalue weighted by molar-refractivity contribution is 7.99. The van der Waals surface area contributed by atoms with Gasteiger partial charge in [-0.3, -0.25) is 4.90 Å². The van der Waals surface area contributed by atoms with Crippen molar-refractivity contribution >= 4 is 11.8 Å². The summed E-state index contributed by atoms with van der Waals surface area (Å²) < 4.78 is 0. The molecular weight excluding hydrogens is 158 g/mol. The summed E-state index contributed by atoms with van der Waals surface area (Å²) in [5.74, 6) is 2.49. The second-order valence-corrected chi connectivity index (χ2v) is 3.72. The van der Waals surface area contributed by atoms with Gasteiger partial charge in [0.05, 0.1) is 0 Å². The van der Waals surface area contributed by atoms with Gasteiger partial charge in [0.1, 0.15) is 0 Å². The van der Waals surface area contributed by atoms with E-state index in [9.17, 15) is 0 Å². The van der Waals surface area contributed by atoms with Crippen LogP contribution in [0.1, 0.15) is 0 Å². The van der Waals surface area contributed by atoms with Crippen LogP contribution in [-0.2, 0) is 0 Å². The van der Waals surface area contributed by atoms with Crippen LogP contribution in [0.25, 0.3) is 0 Å². The smallest absolute Gasteiger partial charge is 0.176 e. The van der Waals surface area contributed by atoms with Crippen molar-refractivity contribution in [1.29, 1.82) is 5.26 Å². The van der Waals surface area contributed by atoms with E-state index >= 15 is 0 Å². The van der Waals surface area contributed by atoms with Crippen LogP contribution in [-0.4, -0.2) is 42.6 Å². The first-order valence-corrected chi connectivity index (χ1v) is 5.01. The molecule has 1 aliphatic rings. The first-order valence-electron chi connectivity index (χ1n) is 3.85. The fourth-order valence-electron chi connectivity index (χ4n) is 1.09. The van der Waals surface area contributed by atoms with Crippen molar-refractivity contribution in [2.45, 2.75) is 0 Å². The number of nitriles is 1. The van der Waals surface area contributed by atoms with Gasteiger partial charge in [-0.25, -0.2) is 0 Å². The summed E-state index contributed by atoms with van der Waals surface area (Å²) in [7, 11) is 0. The maximum atomic E-state index is 8.21. The van der Waals surface area contributed by atoms with Crippen LogP contribution >= 0.6 is 11.8 Å². The van der Waals surface area contributed by atoms with E-state index in [-0.39, 0.29) is 0 Å². The van der Waals surface area contributed by atoms with Crippen molar-refractivity contribution in [3.8, 4) is 6.19 Å². The topological polar surface area (TPSA) is 39.1 Å². The minimum atomic E-state index is 0.793. The Labute approximate surface area is 71.7 Å². The van der Waals surface area contributed by atoms with Crippen LogP contribution in [0.15, 0.2) is 0 Å². The average Bonchev–Trinajstić information content (AvgIpc) is 2.07. The quantitative estimate of drug-likeness (QED) is 0.371. The lowest BCUT2D eigenvalue weighted by Gasteiger charge is -2.25. The van der Waals surface area contributed by atoms with Crippen LogP contribution in [0, 0.1) is 11.5 Å². The third-order valence-corrected chi connectivity index (χ3v) is 2.68. The van der Waals surface area contributed by atoms with Gasteiger partial charge in [0.25, 0.3) is 0 Å². The lowest BCUT2D eigenvalue weighted by Crippen LogP contribution is -2.36. The maximum absolute atomic E-state index is 8.21. The molecule has 1 rings (SSSR count). The van der Waals surface area contributed by atoms with Gasteiger partial charge < -0.3 is 5.32 Å². The van der Waals surface area contributed by atoms with Gasteiger partial charge in [-0.15, -0.1) is 0 Å². The Kier molecular flexibility index (Phi) is 4.17. The van der Waals surface area contributed by atoms with E-state index in [0.29, 0.717) is 0 Å². The lowest BCUT2D eigenvalue weighted by atomic mass is 10.4. The molecular formula is C7H13N3S. The summed E-state index contributed by atoms with van der Waals surface area (Å²) in [6.07, 6.45) is 1.93. The molecule has 0 bridgehead atoms. The standard InChI is InChI=1S/C7H13N3S/c8-7-9-1-2-10-3-5-11-6-4-10/h9H,1-6H2. The fraction of sp³-hybridized carbons (Fsp3) is 0.857. The minimum Gasteiger partial charge on any atom is -0.323 e. The van der Waals surface area contributed by atoms with E-state index in [4.69, 9.17) is 5.26 Å². The molecule has 0 aromatic heterocycles. The zero-order valence-electron chi connectivity index (χ0n) is 6.55. The van der Waals surface area contributed by atoms with Crippen molar-refractivity contribution in [2.75, 3.05) is 37.7 Å². The van der Waals surface area contributed by atoms with Crippen LogP contribution in [0.3, 0.4) is 0 Å². The van der Waals surface area contributed by atoms with E-state index in [1.54, 1.807) is 0 Å². The third-order valence-electron chi connectivity index (χ3n) is 1.74. The number of nitrogens with zero attached hydrogens (tertiary/aromatic N) is 2. The fourth-order valence-corrected chi connectivity index (χ4v) is 2.07. The van der Waals surface area contributed by atoms with Gasteiger partial charge >= 0.3 is 0 Å². The van der Waals surface area contributed by atoms with Gasteiger partial charge in [-0.1, -0.05) is 0 Å². The Morgan fingerprint density at radius 1 is 1.45 bits per heavy atom. The molecule has 0 unspecified atom stereocenters. The molecule has 0 aromatic rings. The van der Waals surface area contributed by atoms with Crippen molar-refractivity contribution < 1.29 is 0 Å². The minimum absolute atomic E-state index is 0.793. The number of nitrogens with one attached hydrogen (secondary N) is 1. The normalized spacial score (nSPS) is 19.2. The van der Waals surface area contributed by atoms with Crippen molar-refractivity contribution in [3.05, 3.63) is 0 Å². The SMILES string of the molecule is N#CNCCN1CCSCC1. The second kappa shape index (κ2) is 5.28. The average molecular weight is 171 g/mol. The Bertz CT molecular complexity index is 137. The van der Waals surface area contributed by atoms with Crippen LogP contribution in [0.5, 0.6) is 0 Å². The summed E-state index contributed by atoms with van der Waals surface area (Å²) in [6.45, 7) is 4.16. The van der Waals surface area contributed by atoms with E-state index in [1.807, 2.05) is 18.0 Å². The molecule has 0 atom stereocenters. The molecule has 1 N–H and O–H groups in total. The molecule has 0 radical (unpaired) electrons. The Balaban J connectivity index is 2.01. The molecule has 62 valence electrons. The van der Waals surface area contributed by atoms with Gasteiger partial charge in [-0.2, -0.15) is 17.0 Å². The summed E-state index contributed by atoms with van der Waals surface area (Å²) >= 11 is 2.01. The number of hydrogen-bond donors (Lipinski definition) is 1. The summed E-state index contributed by atoms with van der Waals surface area (Å²) in [5, 5.41) is 10.9. The maximum Gasteiger partial charge on any atom is 0.176 e. The Morgan fingerprint density at radius 2 is 2.18 bits per heavy atom. The Hall–Kier alpha value is -0.400. The number of rotatable bonds is 3. The Morgan fingerprint density at radius 3 is 2.82 bits per heavy atom.